The van der Waals surface area contributed by atoms with Gasteiger partial charge >= 0.3 is 0 Å². The van der Waals surface area contributed by atoms with E-state index in [2.05, 4.69) is 6.92 Å². The first-order chi connectivity index (χ1) is 15.6. The second kappa shape index (κ2) is 9.83. The maximum atomic E-state index is 12.8. The molecule has 0 N–H and O–H groups in total. The van der Waals surface area contributed by atoms with Gasteiger partial charge in [-0.2, -0.15) is 0 Å². The van der Waals surface area contributed by atoms with Crippen LogP contribution in [0.5, 0.6) is 5.88 Å². The van der Waals surface area contributed by atoms with Gasteiger partial charge in [-0.3, -0.25) is 18.6 Å². The number of rotatable bonds is 9. The Bertz CT molecular complexity index is 1280. The summed E-state index contributed by atoms with van der Waals surface area (Å²) in [4.78, 5) is 28.5. The summed E-state index contributed by atoms with van der Waals surface area (Å²) in [5.74, 6) is 1.02. The van der Waals surface area contributed by atoms with Gasteiger partial charge in [-0.15, -0.1) is 0 Å². The number of nitrogens with zero attached hydrogens (tertiary/aromatic N) is 3. The lowest BCUT2D eigenvalue weighted by atomic mass is 10.2. The zero-order chi connectivity index (χ0) is 22.5. The lowest BCUT2D eigenvalue weighted by Gasteiger charge is -2.15. The molecule has 0 aliphatic heterocycles. The Hall–Kier alpha value is -3.38. The maximum Gasteiger partial charge on any atom is 0.262 e. The van der Waals surface area contributed by atoms with E-state index in [1.165, 1.54) is 6.07 Å². The first kappa shape index (κ1) is 21.8. The number of unbranched alkanes of at least 4 members (excludes halogenated alkanes) is 2. The summed E-state index contributed by atoms with van der Waals surface area (Å²) in [5, 5.41) is 0.647. The molecule has 0 atom stereocenters. The highest BCUT2D eigenvalue weighted by atomic mass is 35.5. The minimum atomic E-state index is -0.203. The van der Waals surface area contributed by atoms with Gasteiger partial charge in [0.25, 0.3) is 5.56 Å². The summed E-state index contributed by atoms with van der Waals surface area (Å²) < 4.78 is 9.56. The average Bonchev–Trinajstić information content (AvgIpc) is 3.26. The van der Waals surface area contributed by atoms with Gasteiger partial charge in [0, 0.05) is 28.9 Å². The summed E-state index contributed by atoms with van der Waals surface area (Å²) in [7, 11) is 0. The zero-order valence-corrected chi connectivity index (χ0v) is 18.6. The molecule has 32 heavy (non-hydrogen) atoms. The van der Waals surface area contributed by atoms with Crippen molar-refractivity contribution in [2.45, 2.75) is 39.3 Å². The number of fused-ring (bicyclic) bond motifs is 1. The van der Waals surface area contributed by atoms with Crippen LogP contribution in [0, 0.1) is 0 Å². The number of aryl methyl sites for hydroxylation is 1. The number of carbonyl (C=O) groups is 1. The number of hydrogen-bond acceptors (Lipinski definition) is 4. The molecule has 0 spiro atoms. The van der Waals surface area contributed by atoms with Crippen LogP contribution >= 0.6 is 11.6 Å². The molecule has 0 radical (unpaired) electrons. The van der Waals surface area contributed by atoms with Gasteiger partial charge < -0.3 is 4.74 Å². The minimum Gasteiger partial charge on any atom is -0.474 e. The van der Waals surface area contributed by atoms with Crippen molar-refractivity contribution in [2.24, 2.45) is 0 Å². The molecule has 0 unspecified atom stereocenters. The van der Waals surface area contributed by atoms with Gasteiger partial charge in [-0.25, -0.2) is 4.98 Å². The highest BCUT2D eigenvalue weighted by Crippen LogP contribution is 2.23. The van der Waals surface area contributed by atoms with Crippen LogP contribution in [0.3, 0.4) is 0 Å². The lowest BCUT2D eigenvalue weighted by Crippen LogP contribution is -2.19. The van der Waals surface area contributed by atoms with E-state index in [0.29, 0.717) is 34.5 Å². The van der Waals surface area contributed by atoms with Crippen molar-refractivity contribution in [2.75, 3.05) is 0 Å². The first-order valence-electron chi connectivity index (χ1n) is 10.6. The second-order valence-electron chi connectivity index (χ2n) is 7.63. The maximum absolute atomic E-state index is 12.8. The molecule has 164 valence electrons. The van der Waals surface area contributed by atoms with Crippen molar-refractivity contribution in [1.82, 2.24) is 14.0 Å². The van der Waals surface area contributed by atoms with Gasteiger partial charge in [0.1, 0.15) is 12.9 Å². The summed E-state index contributed by atoms with van der Waals surface area (Å²) in [6.07, 6.45) is 5.65. The molecule has 0 amide bonds. The monoisotopic (exact) mass is 449 g/mol. The fourth-order valence-electron chi connectivity index (χ4n) is 3.53. The number of halogens is 1. The Balaban J connectivity index is 1.71. The van der Waals surface area contributed by atoms with Crippen LogP contribution in [0.25, 0.3) is 17.0 Å². The highest BCUT2D eigenvalue weighted by Gasteiger charge is 2.15. The van der Waals surface area contributed by atoms with E-state index in [1.54, 1.807) is 34.9 Å². The normalized spacial score (nSPS) is 11.1. The van der Waals surface area contributed by atoms with Crippen LogP contribution < -0.4 is 10.3 Å². The fraction of sp³-hybridized carbons (Fsp3) is 0.240. The highest BCUT2D eigenvalue weighted by molar-refractivity contribution is 6.30. The number of ether oxygens (including phenoxy) is 1. The van der Waals surface area contributed by atoms with Gasteiger partial charge in [-0.1, -0.05) is 67.8 Å². The van der Waals surface area contributed by atoms with Crippen LogP contribution in [-0.2, 0) is 13.2 Å². The third-order valence-electron chi connectivity index (χ3n) is 5.31. The quantitative estimate of drug-likeness (QED) is 0.253. The van der Waals surface area contributed by atoms with Crippen molar-refractivity contribution < 1.29 is 9.53 Å². The molecule has 7 heteroatoms. The zero-order valence-electron chi connectivity index (χ0n) is 17.8. The average molecular weight is 450 g/mol. The van der Waals surface area contributed by atoms with Crippen LogP contribution in [0.4, 0.5) is 0 Å². The summed E-state index contributed by atoms with van der Waals surface area (Å²) in [5.41, 5.74) is 2.90. The molecule has 4 aromatic rings. The number of carbonyl (C=O) groups excluding carboxylic acids is 1. The van der Waals surface area contributed by atoms with Gasteiger partial charge in [-0.05, 0) is 24.1 Å². The molecule has 2 heterocycles. The number of aromatic nitrogens is 3. The predicted octanol–water partition coefficient (Wildman–Crippen LogP) is 5.40. The molecule has 6 nitrogen and oxygen atoms in total. The van der Waals surface area contributed by atoms with Crippen LogP contribution in [-0.4, -0.2) is 20.2 Å². The summed E-state index contributed by atoms with van der Waals surface area (Å²) in [6.45, 7) is 3.12. The summed E-state index contributed by atoms with van der Waals surface area (Å²) >= 11 is 6.01. The molecule has 0 aliphatic carbocycles. The lowest BCUT2D eigenvalue weighted by molar-refractivity contribution is 0.112. The van der Waals surface area contributed by atoms with E-state index >= 15 is 0 Å². The number of benzene rings is 2. The topological polar surface area (TPSA) is 65.6 Å². The van der Waals surface area contributed by atoms with Gasteiger partial charge in [0.05, 0.1) is 11.8 Å². The van der Waals surface area contributed by atoms with Crippen molar-refractivity contribution in [1.29, 1.82) is 0 Å². The van der Waals surface area contributed by atoms with Crippen molar-refractivity contribution in [3.63, 3.8) is 0 Å². The van der Waals surface area contributed by atoms with Crippen molar-refractivity contribution >= 4 is 23.7 Å². The van der Waals surface area contributed by atoms with E-state index in [1.807, 2.05) is 28.8 Å². The Morgan fingerprint density at radius 1 is 1.06 bits per heavy atom. The Morgan fingerprint density at radius 3 is 2.50 bits per heavy atom. The smallest absolute Gasteiger partial charge is 0.262 e. The van der Waals surface area contributed by atoms with Crippen molar-refractivity contribution in [3.8, 4) is 17.1 Å². The SMILES string of the molecule is CCCCCn1c(OCc2ccc(C=O)cc2)cc(=O)n2cc(-c3ccc(Cl)cc3)nc12. The third kappa shape index (κ3) is 4.75. The number of imidazole rings is 1. The first-order valence-corrected chi connectivity index (χ1v) is 11.0. The Labute approximate surface area is 191 Å². The van der Waals surface area contributed by atoms with E-state index in [0.717, 1.165) is 36.7 Å². The van der Waals surface area contributed by atoms with E-state index < -0.39 is 0 Å². The largest absolute Gasteiger partial charge is 0.474 e. The fourth-order valence-corrected chi connectivity index (χ4v) is 3.66. The van der Waals surface area contributed by atoms with Crippen LogP contribution in [0.2, 0.25) is 5.02 Å². The van der Waals surface area contributed by atoms with Crippen molar-refractivity contribution in [3.05, 3.63) is 87.3 Å². The molecule has 0 saturated heterocycles. The van der Waals surface area contributed by atoms with E-state index in [9.17, 15) is 9.59 Å². The molecular weight excluding hydrogens is 426 g/mol. The van der Waals surface area contributed by atoms with Gasteiger partial charge in [0.2, 0.25) is 11.7 Å². The predicted molar refractivity (Wildman–Crippen MR) is 126 cm³/mol. The Kier molecular flexibility index (Phi) is 6.71. The summed E-state index contributed by atoms with van der Waals surface area (Å²) in [6, 6.07) is 16.1. The molecule has 0 saturated carbocycles. The molecule has 0 fully saturated rings. The van der Waals surface area contributed by atoms with Crippen LogP contribution in [0.1, 0.15) is 42.1 Å². The van der Waals surface area contributed by atoms with E-state index in [4.69, 9.17) is 21.3 Å². The number of hydrogen-bond donors (Lipinski definition) is 0. The van der Waals surface area contributed by atoms with Crippen LogP contribution in [0.15, 0.2) is 65.6 Å². The molecule has 0 aliphatic rings. The molecular formula is C25H24ClN3O3. The standard InChI is InChI=1S/C25H24ClN3O3/c1-2-3-4-13-28-24(32-17-19-7-5-18(16-30)6-8-19)14-23(31)29-15-22(27-25(28)29)20-9-11-21(26)12-10-20/h5-12,14-16H,2-4,13,17H2,1H3. The molecule has 2 aromatic heterocycles. The van der Waals surface area contributed by atoms with E-state index in [-0.39, 0.29) is 12.2 Å². The third-order valence-corrected chi connectivity index (χ3v) is 5.56. The Morgan fingerprint density at radius 2 is 1.81 bits per heavy atom. The minimum absolute atomic E-state index is 0.203. The molecule has 4 rings (SSSR count). The van der Waals surface area contributed by atoms with Gasteiger partial charge in [0.15, 0.2) is 0 Å². The number of aldehydes is 1. The molecule has 0 bridgehead atoms. The molecule has 2 aromatic carbocycles. The second-order valence-corrected chi connectivity index (χ2v) is 8.07.